The molecule has 0 unspecified atom stereocenters. The Kier molecular flexibility index (Phi) is 7.85. The second-order valence-corrected chi connectivity index (χ2v) is 7.67. The summed E-state index contributed by atoms with van der Waals surface area (Å²) >= 11 is 1.42. The van der Waals surface area contributed by atoms with Gasteiger partial charge in [-0.2, -0.15) is 0 Å². The van der Waals surface area contributed by atoms with Crippen LogP contribution < -0.4 is 5.32 Å². The number of thioether (sulfide) groups is 1. The second-order valence-electron chi connectivity index (χ2n) is 6.54. The number of hydrogen-bond acceptors (Lipinski definition) is 3. The lowest BCUT2D eigenvalue weighted by Gasteiger charge is -2.32. The molecule has 0 spiro atoms. The maximum atomic E-state index is 13.5. The van der Waals surface area contributed by atoms with Crippen LogP contribution in [0.2, 0.25) is 0 Å². The van der Waals surface area contributed by atoms with Gasteiger partial charge >= 0.3 is 0 Å². The molecule has 1 aromatic carbocycles. The Morgan fingerprint density at radius 3 is 2.58 bits per heavy atom. The van der Waals surface area contributed by atoms with Crippen molar-refractivity contribution in [3.63, 3.8) is 0 Å². The van der Waals surface area contributed by atoms with Crippen LogP contribution in [0.15, 0.2) is 29.2 Å². The summed E-state index contributed by atoms with van der Waals surface area (Å²) in [4.78, 5) is 14.9. The van der Waals surface area contributed by atoms with Crippen LogP contribution in [0.4, 0.5) is 4.39 Å². The van der Waals surface area contributed by atoms with Gasteiger partial charge < -0.3 is 10.2 Å². The summed E-state index contributed by atoms with van der Waals surface area (Å²) in [6.45, 7) is 2.86. The number of amides is 1. The fraction of sp³-hybridized carbons (Fsp3) is 0.611. The lowest BCUT2D eigenvalue weighted by Crippen LogP contribution is -2.45. The van der Waals surface area contributed by atoms with Gasteiger partial charge in [0.1, 0.15) is 5.82 Å². The van der Waals surface area contributed by atoms with Gasteiger partial charge in [0.2, 0.25) is 5.91 Å². The molecule has 0 atom stereocenters. The van der Waals surface area contributed by atoms with Crippen LogP contribution in [-0.4, -0.2) is 42.2 Å². The number of rotatable bonds is 7. The molecule has 1 amide bonds. The van der Waals surface area contributed by atoms with E-state index in [2.05, 4.69) is 5.32 Å². The number of piperidine rings is 1. The third-order valence-corrected chi connectivity index (χ3v) is 5.70. The van der Waals surface area contributed by atoms with Crippen molar-refractivity contribution < 1.29 is 9.18 Å². The summed E-state index contributed by atoms with van der Waals surface area (Å²) < 4.78 is 13.5. The Hall–Kier alpha value is -0.780. The second kappa shape index (κ2) is 9.64. The number of benzene rings is 1. The molecule has 134 valence electrons. The Morgan fingerprint density at radius 1 is 1.21 bits per heavy atom. The molecule has 0 radical (unpaired) electrons. The molecule has 1 saturated carbocycles. The van der Waals surface area contributed by atoms with Gasteiger partial charge in [-0.15, -0.1) is 24.2 Å². The van der Waals surface area contributed by atoms with E-state index < -0.39 is 0 Å². The normalized spacial score (nSPS) is 18.3. The zero-order valence-corrected chi connectivity index (χ0v) is 15.5. The van der Waals surface area contributed by atoms with Crippen molar-refractivity contribution in [1.82, 2.24) is 10.2 Å². The lowest BCUT2D eigenvalue weighted by molar-refractivity contribution is -0.131. The molecule has 2 fully saturated rings. The first-order chi connectivity index (χ1) is 11.2. The van der Waals surface area contributed by atoms with Crippen LogP contribution in [-0.2, 0) is 4.79 Å². The Balaban J connectivity index is 0.00000208. The molecule has 3 rings (SSSR count). The standard InChI is InChI=1S/C18H25FN2OS.ClH/c19-16-3-1-2-4-17(16)23-12-9-18(22)21-10-7-15(8-11-21)20-13-14-5-6-14;/h1-4,14-15,20H,5-13H2;1H. The molecule has 1 aliphatic heterocycles. The van der Waals surface area contributed by atoms with Crippen LogP contribution in [0.5, 0.6) is 0 Å². The number of carbonyl (C=O) groups excluding carboxylic acids is 1. The van der Waals surface area contributed by atoms with Crippen LogP contribution in [0.25, 0.3) is 0 Å². The molecule has 3 nitrogen and oxygen atoms in total. The number of nitrogens with zero attached hydrogens (tertiary/aromatic N) is 1. The number of halogens is 2. The molecule has 1 N–H and O–H groups in total. The Morgan fingerprint density at radius 2 is 1.92 bits per heavy atom. The molecule has 2 aliphatic rings. The smallest absolute Gasteiger partial charge is 0.223 e. The van der Waals surface area contributed by atoms with E-state index in [0.29, 0.717) is 23.1 Å². The quantitative estimate of drug-likeness (QED) is 0.740. The van der Waals surface area contributed by atoms with E-state index in [-0.39, 0.29) is 24.1 Å². The molecular formula is C18H26ClFN2OS. The Bertz CT molecular complexity index is 534. The van der Waals surface area contributed by atoms with Gasteiger partial charge in [-0.25, -0.2) is 4.39 Å². The largest absolute Gasteiger partial charge is 0.343 e. The van der Waals surface area contributed by atoms with Crippen LogP contribution in [0, 0.1) is 11.7 Å². The minimum absolute atomic E-state index is 0. The summed E-state index contributed by atoms with van der Waals surface area (Å²) in [7, 11) is 0. The van der Waals surface area contributed by atoms with Crippen molar-refractivity contribution in [2.45, 2.75) is 43.0 Å². The third kappa shape index (κ3) is 5.94. The van der Waals surface area contributed by atoms with Gasteiger partial charge in [0.15, 0.2) is 0 Å². The molecule has 0 aromatic heterocycles. The lowest BCUT2D eigenvalue weighted by atomic mass is 10.0. The minimum atomic E-state index is -0.201. The van der Waals surface area contributed by atoms with Crippen molar-refractivity contribution in [2.75, 3.05) is 25.4 Å². The highest BCUT2D eigenvalue weighted by atomic mass is 35.5. The van der Waals surface area contributed by atoms with Gasteiger partial charge in [-0.1, -0.05) is 12.1 Å². The molecular weight excluding hydrogens is 347 g/mol. The van der Waals surface area contributed by atoms with E-state index in [1.165, 1.54) is 30.7 Å². The average Bonchev–Trinajstić information content (AvgIpc) is 3.39. The number of carbonyl (C=O) groups is 1. The highest BCUT2D eigenvalue weighted by molar-refractivity contribution is 7.99. The molecule has 6 heteroatoms. The zero-order valence-electron chi connectivity index (χ0n) is 13.9. The van der Waals surface area contributed by atoms with Crippen LogP contribution in [0.3, 0.4) is 0 Å². The first-order valence-electron chi connectivity index (χ1n) is 8.61. The van der Waals surface area contributed by atoms with Gasteiger partial charge in [-0.05, 0) is 50.3 Å². The average molecular weight is 373 g/mol. The van der Waals surface area contributed by atoms with Crippen molar-refractivity contribution in [2.24, 2.45) is 5.92 Å². The van der Waals surface area contributed by atoms with Gasteiger partial charge in [0.25, 0.3) is 0 Å². The van der Waals surface area contributed by atoms with Crippen LogP contribution >= 0.6 is 24.2 Å². The summed E-state index contributed by atoms with van der Waals surface area (Å²) in [5.74, 6) is 1.55. The topological polar surface area (TPSA) is 32.3 Å². The van der Waals surface area contributed by atoms with Gasteiger partial charge in [-0.3, -0.25) is 4.79 Å². The molecule has 1 aromatic rings. The summed E-state index contributed by atoms with van der Waals surface area (Å²) in [6, 6.07) is 7.32. The van der Waals surface area contributed by atoms with Crippen molar-refractivity contribution in [1.29, 1.82) is 0 Å². The summed E-state index contributed by atoms with van der Waals surface area (Å²) in [5, 5.41) is 3.63. The molecule has 0 bridgehead atoms. The highest BCUT2D eigenvalue weighted by Crippen LogP contribution is 2.28. The van der Waals surface area contributed by atoms with Crippen molar-refractivity contribution in [3.05, 3.63) is 30.1 Å². The molecule has 24 heavy (non-hydrogen) atoms. The van der Waals surface area contributed by atoms with E-state index in [4.69, 9.17) is 0 Å². The van der Waals surface area contributed by atoms with E-state index in [0.717, 1.165) is 38.4 Å². The molecule has 1 heterocycles. The van der Waals surface area contributed by atoms with Crippen molar-refractivity contribution >= 4 is 30.1 Å². The molecule has 1 saturated heterocycles. The summed E-state index contributed by atoms with van der Waals surface area (Å²) in [5.41, 5.74) is 0. The predicted octanol–water partition coefficient (Wildman–Crippen LogP) is 3.72. The third-order valence-electron chi connectivity index (χ3n) is 4.65. The summed E-state index contributed by atoms with van der Waals surface area (Å²) in [6.07, 6.45) is 5.35. The zero-order chi connectivity index (χ0) is 16.1. The molecule has 1 aliphatic carbocycles. The fourth-order valence-corrected chi connectivity index (χ4v) is 3.83. The number of likely N-dealkylation sites (tertiary alicyclic amines) is 1. The minimum Gasteiger partial charge on any atom is -0.343 e. The first kappa shape index (κ1) is 19.5. The van der Waals surface area contributed by atoms with E-state index in [1.54, 1.807) is 12.1 Å². The van der Waals surface area contributed by atoms with E-state index >= 15 is 0 Å². The highest BCUT2D eigenvalue weighted by Gasteiger charge is 2.25. The Labute approximate surface area is 154 Å². The van der Waals surface area contributed by atoms with Crippen molar-refractivity contribution in [3.8, 4) is 0 Å². The van der Waals surface area contributed by atoms with Crippen LogP contribution in [0.1, 0.15) is 32.1 Å². The van der Waals surface area contributed by atoms with E-state index in [1.807, 2.05) is 11.0 Å². The predicted molar refractivity (Wildman–Crippen MR) is 99.3 cm³/mol. The monoisotopic (exact) mass is 372 g/mol. The number of nitrogens with one attached hydrogen (secondary N) is 1. The SMILES string of the molecule is Cl.O=C(CCSc1ccccc1F)N1CCC(NCC2CC2)CC1. The first-order valence-corrected chi connectivity index (χ1v) is 9.59. The maximum absolute atomic E-state index is 13.5. The van der Waals surface area contributed by atoms with Gasteiger partial charge in [0, 0.05) is 36.2 Å². The number of hydrogen-bond donors (Lipinski definition) is 1. The fourth-order valence-electron chi connectivity index (χ4n) is 2.96. The van der Waals surface area contributed by atoms with Gasteiger partial charge in [0.05, 0.1) is 0 Å². The maximum Gasteiger partial charge on any atom is 0.223 e. The van der Waals surface area contributed by atoms with E-state index in [9.17, 15) is 9.18 Å².